The fourth-order valence-electron chi connectivity index (χ4n) is 3.63. The maximum atomic E-state index is 12.6. The number of ether oxygens (including phenoxy) is 1. The number of nitrogens with one attached hydrogen (secondary N) is 1. The van der Waals surface area contributed by atoms with Crippen LogP contribution < -0.4 is 5.32 Å². The molecule has 1 aliphatic heterocycles. The molecule has 8 heteroatoms. The lowest BCUT2D eigenvalue weighted by Crippen LogP contribution is -2.37. The zero-order chi connectivity index (χ0) is 22.8. The van der Waals surface area contributed by atoms with E-state index in [2.05, 4.69) is 5.32 Å². The lowest BCUT2D eigenvalue weighted by Gasteiger charge is -2.16. The van der Waals surface area contributed by atoms with Crippen LogP contribution in [0.3, 0.4) is 0 Å². The minimum absolute atomic E-state index is 0.0176. The molecule has 1 aromatic rings. The van der Waals surface area contributed by atoms with E-state index in [4.69, 9.17) is 17.0 Å². The van der Waals surface area contributed by atoms with Gasteiger partial charge in [-0.25, -0.2) is 0 Å². The van der Waals surface area contributed by atoms with Crippen LogP contribution >= 0.6 is 24.0 Å². The number of thiocarbonyl (C=S) groups is 1. The van der Waals surface area contributed by atoms with Crippen molar-refractivity contribution < 1.29 is 19.1 Å². The molecule has 2 fully saturated rings. The number of rotatable bonds is 8. The van der Waals surface area contributed by atoms with Crippen LogP contribution in [0.2, 0.25) is 0 Å². The predicted molar refractivity (Wildman–Crippen MR) is 131 cm³/mol. The molecule has 0 atom stereocenters. The topological polar surface area (TPSA) is 75.7 Å². The molecule has 1 heterocycles. The zero-order valence-corrected chi connectivity index (χ0v) is 19.6. The minimum atomic E-state index is -0.525. The molecule has 3 rings (SSSR count). The fraction of sp³-hybridized carbons (Fsp3) is 0.417. The van der Waals surface area contributed by atoms with Crippen molar-refractivity contribution in [3.63, 3.8) is 0 Å². The average molecular weight is 473 g/mol. The normalized spacial score (nSPS) is 18.9. The molecule has 6 nitrogen and oxygen atoms in total. The highest BCUT2D eigenvalue weighted by Crippen LogP contribution is 2.31. The van der Waals surface area contributed by atoms with E-state index in [0.29, 0.717) is 9.23 Å². The van der Waals surface area contributed by atoms with E-state index in [1.807, 2.05) is 42.5 Å². The van der Waals surface area contributed by atoms with Crippen molar-refractivity contribution in [3.8, 4) is 0 Å². The number of esters is 1. The first kappa shape index (κ1) is 24.2. The van der Waals surface area contributed by atoms with Gasteiger partial charge in [0.1, 0.15) is 4.32 Å². The molecule has 0 bridgehead atoms. The van der Waals surface area contributed by atoms with Gasteiger partial charge >= 0.3 is 5.97 Å². The van der Waals surface area contributed by atoms with E-state index >= 15 is 0 Å². The van der Waals surface area contributed by atoms with Crippen molar-refractivity contribution >= 4 is 52.2 Å². The summed E-state index contributed by atoms with van der Waals surface area (Å²) in [5.41, 5.74) is 1.03. The molecule has 1 saturated carbocycles. The van der Waals surface area contributed by atoms with Crippen molar-refractivity contribution in [3.05, 3.63) is 53.0 Å². The summed E-state index contributed by atoms with van der Waals surface area (Å²) < 4.78 is 5.49. The van der Waals surface area contributed by atoms with E-state index in [1.165, 1.54) is 29.5 Å². The van der Waals surface area contributed by atoms with Gasteiger partial charge in [0.2, 0.25) is 0 Å². The highest BCUT2D eigenvalue weighted by molar-refractivity contribution is 8.26. The summed E-state index contributed by atoms with van der Waals surface area (Å²) in [7, 11) is 0. The molecule has 2 amide bonds. The van der Waals surface area contributed by atoms with Crippen molar-refractivity contribution in [1.82, 2.24) is 10.2 Å². The van der Waals surface area contributed by atoms with Gasteiger partial charge in [-0.3, -0.25) is 19.3 Å². The van der Waals surface area contributed by atoms with Crippen LogP contribution in [0.15, 0.2) is 47.4 Å². The summed E-state index contributed by atoms with van der Waals surface area (Å²) in [6.45, 7) is -0.161. The average Bonchev–Trinajstić information content (AvgIpc) is 2.94. The van der Waals surface area contributed by atoms with Crippen LogP contribution in [0.4, 0.5) is 0 Å². The maximum Gasteiger partial charge on any atom is 0.308 e. The Hall–Kier alpha value is -2.45. The second-order valence-corrected chi connectivity index (χ2v) is 9.47. The quantitative estimate of drug-likeness (QED) is 0.264. The molecular weight excluding hydrogens is 444 g/mol. The molecule has 1 aromatic carbocycles. The van der Waals surface area contributed by atoms with Crippen LogP contribution in [-0.2, 0) is 19.1 Å². The van der Waals surface area contributed by atoms with Crippen LogP contribution in [0, 0.1) is 0 Å². The third-order valence-electron chi connectivity index (χ3n) is 5.33. The Kier molecular flexibility index (Phi) is 9.49. The highest BCUT2D eigenvalue weighted by atomic mass is 32.2. The van der Waals surface area contributed by atoms with Gasteiger partial charge in [0.25, 0.3) is 11.8 Å². The third kappa shape index (κ3) is 7.60. The van der Waals surface area contributed by atoms with E-state index in [9.17, 15) is 14.4 Å². The standard InChI is InChI=1S/C24H28N2O4S2/c27-21(25-19-12-6-1-2-7-13-19)17-30-22(28)15-16-26-23(29)20(32-24(26)31)14-8-11-18-9-4-3-5-10-18/h3-5,8-11,14,19H,1-2,6-7,12-13,15-17H2,(H,25,27)/b11-8+,20-14-. The maximum absolute atomic E-state index is 12.6. The van der Waals surface area contributed by atoms with Gasteiger partial charge in [0, 0.05) is 12.6 Å². The van der Waals surface area contributed by atoms with Gasteiger partial charge in [-0.15, -0.1) is 0 Å². The van der Waals surface area contributed by atoms with E-state index < -0.39 is 5.97 Å². The second kappa shape index (κ2) is 12.6. The number of carbonyl (C=O) groups excluding carboxylic acids is 3. The molecule has 1 saturated heterocycles. The molecule has 0 aromatic heterocycles. The molecule has 0 spiro atoms. The summed E-state index contributed by atoms with van der Waals surface area (Å²) >= 11 is 6.50. The molecule has 2 aliphatic rings. The van der Waals surface area contributed by atoms with Gasteiger partial charge in [-0.1, -0.05) is 92.1 Å². The number of carbonyl (C=O) groups is 3. The van der Waals surface area contributed by atoms with Gasteiger partial charge in [0.05, 0.1) is 11.3 Å². The lowest BCUT2D eigenvalue weighted by molar-refractivity contribution is -0.149. The van der Waals surface area contributed by atoms with E-state index in [0.717, 1.165) is 31.2 Å². The van der Waals surface area contributed by atoms with Gasteiger partial charge in [-0.05, 0) is 24.5 Å². The van der Waals surface area contributed by atoms with Crippen molar-refractivity contribution in [1.29, 1.82) is 0 Å². The SMILES string of the molecule is O=C(COC(=O)CCN1C(=O)/C(=C/C=C/c2ccccc2)SC1=S)NC1CCCCCC1. The summed E-state index contributed by atoms with van der Waals surface area (Å²) in [5.74, 6) is -1.02. The minimum Gasteiger partial charge on any atom is -0.456 e. The van der Waals surface area contributed by atoms with Crippen LogP contribution in [0.5, 0.6) is 0 Å². The van der Waals surface area contributed by atoms with Crippen LogP contribution in [0.25, 0.3) is 6.08 Å². The Bertz CT molecular complexity index is 891. The number of hydrogen-bond acceptors (Lipinski definition) is 6. The molecule has 0 unspecified atom stereocenters. The van der Waals surface area contributed by atoms with Crippen LogP contribution in [-0.4, -0.2) is 46.2 Å². The number of hydrogen-bond donors (Lipinski definition) is 1. The third-order valence-corrected chi connectivity index (χ3v) is 6.73. The summed E-state index contributed by atoms with van der Waals surface area (Å²) in [6.07, 6.45) is 12.0. The first-order valence-electron chi connectivity index (χ1n) is 10.9. The molecular formula is C24H28N2O4S2. The number of thioether (sulfide) groups is 1. The first-order valence-corrected chi connectivity index (χ1v) is 12.2. The molecule has 32 heavy (non-hydrogen) atoms. The Labute approximate surface area is 198 Å². The molecule has 0 radical (unpaired) electrons. The molecule has 1 aliphatic carbocycles. The van der Waals surface area contributed by atoms with Crippen molar-refractivity contribution in [2.24, 2.45) is 0 Å². The van der Waals surface area contributed by atoms with Crippen molar-refractivity contribution in [2.45, 2.75) is 51.0 Å². The second-order valence-electron chi connectivity index (χ2n) is 7.79. The Balaban J connectivity index is 1.40. The summed E-state index contributed by atoms with van der Waals surface area (Å²) in [6, 6.07) is 9.94. The Morgan fingerprint density at radius 1 is 1.16 bits per heavy atom. The fourth-order valence-corrected chi connectivity index (χ4v) is 4.89. The largest absolute Gasteiger partial charge is 0.456 e. The number of allylic oxidation sites excluding steroid dienone is 2. The van der Waals surface area contributed by atoms with E-state index in [1.54, 1.807) is 6.08 Å². The Morgan fingerprint density at radius 2 is 1.88 bits per heavy atom. The van der Waals surface area contributed by atoms with E-state index in [-0.39, 0.29) is 37.4 Å². The first-order chi connectivity index (χ1) is 15.5. The van der Waals surface area contributed by atoms with Gasteiger partial charge < -0.3 is 10.1 Å². The Morgan fingerprint density at radius 3 is 2.59 bits per heavy atom. The monoisotopic (exact) mass is 472 g/mol. The molecule has 170 valence electrons. The van der Waals surface area contributed by atoms with Gasteiger partial charge in [0.15, 0.2) is 6.61 Å². The predicted octanol–water partition coefficient (Wildman–Crippen LogP) is 4.22. The van der Waals surface area contributed by atoms with Gasteiger partial charge in [-0.2, -0.15) is 0 Å². The lowest BCUT2D eigenvalue weighted by atomic mass is 10.1. The zero-order valence-electron chi connectivity index (χ0n) is 18.0. The molecule has 1 N–H and O–H groups in total. The smallest absolute Gasteiger partial charge is 0.308 e. The van der Waals surface area contributed by atoms with Crippen LogP contribution in [0.1, 0.15) is 50.5 Å². The summed E-state index contributed by atoms with van der Waals surface area (Å²) in [5, 5.41) is 2.94. The number of nitrogens with zero attached hydrogens (tertiary/aromatic N) is 1. The highest BCUT2D eigenvalue weighted by Gasteiger charge is 2.31. The van der Waals surface area contributed by atoms with Crippen molar-refractivity contribution in [2.75, 3.05) is 13.2 Å². The summed E-state index contributed by atoms with van der Waals surface area (Å²) in [4.78, 5) is 38.6. The number of amides is 2. The number of benzene rings is 1.